The van der Waals surface area contributed by atoms with E-state index in [9.17, 15) is 0 Å². The Balaban J connectivity index is 1.85. The molecule has 2 rings (SSSR count). The van der Waals surface area contributed by atoms with E-state index in [4.69, 9.17) is 10.5 Å². The number of aliphatic imine (C=N–C) groups is 1. The minimum Gasteiger partial charge on any atom is -0.387 e. The maximum Gasteiger partial charge on any atom is 0.0971 e. The van der Waals surface area contributed by atoms with Gasteiger partial charge in [-0.15, -0.1) is 0 Å². The molecule has 0 spiro atoms. The third-order valence-electron chi connectivity index (χ3n) is 3.02. The fourth-order valence-electron chi connectivity index (χ4n) is 1.94. The van der Waals surface area contributed by atoms with Gasteiger partial charge in [0.05, 0.1) is 18.0 Å². The molecule has 0 aromatic rings. The number of rotatable bonds is 3. The van der Waals surface area contributed by atoms with E-state index in [-0.39, 0.29) is 0 Å². The highest BCUT2D eigenvalue weighted by atomic mass is 16.5. The average molecular weight is 182 g/mol. The van der Waals surface area contributed by atoms with E-state index >= 15 is 0 Å². The number of nitrogens with zero attached hydrogens (tertiary/aromatic N) is 1. The zero-order valence-corrected chi connectivity index (χ0v) is 8.20. The van der Waals surface area contributed by atoms with Gasteiger partial charge in [-0.3, -0.25) is 4.99 Å². The van der Waals surface area contributed by atoms with Gasteiger partial charge in [-0.2, -0.15) is 0 Å². The first-order valence-corrected chi connectivity index (χ1v) is 5.15. The Morgan fingerprint density at radius 2 is 2.08 bits per heavy atom. The Morgan fingerprint density at radius 3 is 2.62 bits per heavy atom. The second-order valence-electron chi connectivity index (χ2n) is 4.15. The summed E-state index contributed by atoms with van der Waals surface area (Å²) in [7, 11) is 1.78. The highest BCUT2D eigenvalue weighted by molar-refractivity contribution is 5.85. The molecule has 2 unspecified atom stereocenters. The SMILES string of the molecule is COC1CCC(N=C(N)C2CC2)C1. The van der Waals surface area contributed by atoms with Gasteiger partial charge in [0, 0.05) is 13.0 Å². The predicted molar refractivity (Wildman–Crippen MR) is 52.8 cm³/mol. The van der Waals surface area contributed by atoms with Crippen molar-refractivity contribution in [2.45, 2.75) is 44.2 Å². The van der Waals surface area contributed by atoms with E-state index in [0.29, 0.717) is 18.1 Å². The molecule has 0 heterocycles. The van der Waals surface area contributed by atoms with Crippen LogP contribution in [-0.4, -0.2) is 25.1 Å². The van der Waals surface area contributed by atoms with Crippen LogP contribution in [-0.2, 0) is 4.74 Å². The van der Waals surface area contributed by atoms with Crippen molar-refractivity contribution < 1.29 is 4.74 Å². The van der Waals surface area contributed by atoms with Crippen molar-refractivity contribution in [1.29, 1.82) is 0 Å². The molecular formula is C10H18N2O. The van der Waals surface area contributed by atoms with Crippen LogP contribution in [0.5, 0.6) is 0 Å². The summed E-state index contributed by atoms with van der Waals surface area (Å²) in [6.45, 7) is 0. The van der Waals surface area contributed by atoms with E-state index in [1.54, 1.807) is 7.11 Å². The quantitative estimate of drug-likeness (QED) is 0.528. The molecule has 13 heavy (non-hydrogen) atoms. The van der Waals surface area contributed by atoms with Crippen molar-refractivity contribution in [3.8, 4) is 0 Å². The van der Waals surface area contributed by atoms with Gasteiger partial charge in [0.15, 0.2) is 0 Å². The van der Waals surface area contributed by atoms with Gasteiger partial charge in [0.2, 0.25) is 0 Å². The summed E-state index contributed by atoms with van der Waals surface area (Å²) in [4.78, 5) is 4.55. The van der Waals surface area contributed by atoms with E-state index in [1.165, 1.54) is 12.8 Å². The molecule has 74 valence electrons. The van der Waals surface area contributed by atoms with Crippen molar-refractivity contribution in [2.75, 3.05) is 7.11 Å². The molecule has 0 aliphatic heterocycles. The molecule has 0 bridgehead atoms. The fourth-order valence-corrected chi connectivity index (χ4v) is 1.94. The first-order chi connectivity index (χ1) is 6.29. The van der Waals surface area contributed by atoms with Gasteiger partial charge in [-0.05, 0) is 32.1 Å². The summed E-state index contributed by atoms with van der Waals surface area (Å²) in [6, 6.07) is 0.436. The van der Waals surface area contributed by atoms with Gasteiger partial charge in [-0.1, -0.05) is 0 Å². The highest BCUT2D eigenvalue weighted by Gasteiger charge is 2.28. The van der Waals surface area contributed by atoms with Gasteiger partial charge < -0.3 is 10.5 Å². The molecule has 2 aliphatic carbocycles. The van der Waals surface area contributed by atoms with E-state index in [0.717, 1.165) is 25.1 Å². The highest BCUT2D eigenvalue weighted by Crippen LogP contribution is 2.31. The maximum absolute atomic E-state index is 5.85. The Bertz CT molecular complexity index is 211. The lowest BCUT2D eigenvalue weighted by Crippen LogP contribution is -2.18. The van der Waals surface area contributed by atoms with Crippen LogP contribution >= 0.6 is 0 Å². The molecule has 2 aliphatic rings. The van der Waals surface area contributed by atoms with E-state index in [1.807, 2.05) is 0 Å². The largest absolute Gasteiger partial charge is 0.387 e. The third kappa shape index (κ3) is 2.21. The lowest BCUT2D eigenvalue weighted by molar-refractivity contribution is 0.108. The topological polar surface area (TPSA) is 47.6 Å². The normalized spacial score (nSPS) is 35.3. The lowest BCUT2D eigenvalue weighted by atomic mass is 10.2. The van der Waals surface area contributed by atoms with Crippen LogP contribution in [0.2, 0.25) is 0 Å². The summed E-state index contributed by atoms with van der Waals surface area (Å²) in [6.07, 6.45) is 6.25. The number of hydrogen-bond donors (Lipinski definition) is 1. The Labute approximate surface area is 79.4 Å². The maximum atomic E-state index is 5.85. The van der Waals surface area contributed by atoms with Crippen molar-refractivity contribution >= 4 is 5.84 Å². The summed E-state index contributed by atoms with van der Waals surface area (Å²) < 4.78 is 5.29. The van der Waals surface area contributed by atoms with Crippen LogP contribution in [0, 0.1) is 5.92 Å². The number of hydrogen-bond acceptors (Lipinski definition) is 2. The van der Waals surface area contributed by atoms with Crippen molar-refractivity contribution in [3.05, 3.63) is 0 Å². The lowest BCUT2D eigenvalue weighted by Gasteiger charge is -2.06. The number of ether oxygens (including phenoxy) is 1. The van der Waals surface area contributed by atoms with Crippen LogP contribution in [0.1, 0.15) is 32.1 Å². The van der Waals surface area contributed by atoms with Crippen LogP contribution in [0.25, 0.3) is 0 Å². The minimum atomic E-state index is 0.417. The van der Waals surface area contributed by atoms with E-state index < -0.39 is 0 Å². The standard InChI is InChI=1S/C10H18N2O/c1-13-9-5-4-8(6-9)12-10(11)7-2-3-7/h7-9H,2-6H2,1H3,(H2,11,12). The molecule has 3 heteroatoms. The van der Waals surface area contributed by atoms with Crippen LogP contribution in [0.4, 0.5) is 0 Å². The van der Waals surface area contributed by atoms with Gasteiger partial charge in [0.25, 0.3) is 0 Å². The smallest absolute Gasteiger partial charge is 0.0971 e. The average Bonchev–Trinajstić information content (AvgIpc) is 2.88. The first kappa shape index (κ1) is 9.00. The zero-order valence-electron chi connectivity index (χ0n) is 8.20. The Kier molecular flexibility index (Phi) is 2.54. The molecule has 2 N–H and O–H groups in total. The summed E-state index contributed by atoms with van der Waals surface area (Å²) in [5, 5.41) is 0. The fraction of sp³-hybridized carbons (Fsp3) is 0.900. The zero-order chi connectivity index (χ0) is 9.26. The molecule has 0 aromatic heterocycles. The molecule has 2 atom stereocenters. The molecule has 0 aromatic carbocycles. The minimum absolute atomic E-state index is 0.417. The van der Waals surface area contributed by atoms with Crippen LogP contribution in [0.15, 0.2) is 4.99 Å². The molecule has 0 saturated heterocycles. The number of amidine groups is 1. The first-order valence-electron chi connectivity index (χ1n) is 5.15. The monoisotopic (exact) mass is 182 g/mol. The molecule has 0 radical (unpaired) electrons. The van der Waals surface area contributed by atoms with Crippen LogP contribution in [0.3, 0.4) is 0 Å². The summed E-state index contributed by atoms with van der Waals surface area (Å²) in [5.41, 5.74) is 5.85. The molecule has 3 nitrogen and oxygen atoms in total. The Hall–Kier alpha value is -0.570. The second kappa shape index (κ2) is 3.66. The second-order valence-corrected chi connectivity index (χ2v) is 4.15. The number of nitrogens with two attached hydrogens (primary N) is 1. The summed E-state index contributed by atoms with van der Waals surface area (Å²) >= 11 is 0. The Morgan fingerprint density at radius 1 is 1.31 bits per heavy atom. The van der Waals surface area contributed by atoms with Crippen molar-refractivity contribution in [1.82, 2.24) is 0 Å². The van der Waals surface area contributed by atoms with Gasteiger partial charge in [-0.25, -0.2) is 0 Å². The third-order valence-corrected chi connectivity index (χ3v) is 3.02. The summed E-state index contributed by atoms with van der Waals surface area (Å²) in [5.74, 6) is 1.50. The van der Waals surface area contributed by atoms with Gasteiger partial charge >= 0.3 is 0 Å². The van der Waals surface area contributed by atoms with Crippen LogP contribution < -0.4 is 5.73 Å². The number of methoxy groups -OCH3 is 1. The molecule has 2 saturated carbocycles. The predicted octanol–water partition coefficient (Wildman–Crippen LogP) is 1.32. The molecule has 2 fully saturated rings. The molecular weight excluding hydrogens is 164 g/mol. The molecule has 0 amide bonds. The van der Waals surface area contributed by atoms with Crippen molar-refractivity contribution in [2.24, 2.45) is 16.6 Å². The van der Waals surface area contributed by atoms with Crippen molar-refractivity contribution in [3.63, 3.8) is 0 Å². The van der Waals surface area contributed by atoms with Gasteiger partial charge in [0.1, 0.15) is 0 Å². The van der Waals surface area contributed by atoms with E-state index in [2.05, 4.69) is 4.99 Å².